The Balaban J connectivity index is 1.71. The van der Waals surface area contributed by atoms with Crippen molar-refractivity contribution in [1.29, 1.82) is 0 Å². The van der Waals surface area contributed by atoms with Crippen molar-refractivity contribution >= 4 is 5.91 Å². The molecule has 1 fully saturated rings. The summed E-state index contributed by atoms with van der Waals surface area (Å²) in [6.07, 6.45) is 6.30. The van der Waals surface area contributed by atoms with Gasteiger partial charge in [0.2, 0.25) is 5.91 Å². The molecule has 2 heterocycles. The molecular formula is C13H19N3O. The molecule has 0 bridgehead atoms. The van der Waals surface area contributed by atoms with Gasteiger partial charge in [0.05, 0.1) is 0 Å². The van der Waals surface area contributed by atoms with Crippen LogP contribution in [0.2, 0.25) is 0 Å². The third-order valence-electron chi connectivity index (χ3n) is 3.20. The summed E-state index contributed by atoms with van der Waals surface area (Å²) in [4.78, 5) is 17.2. The molecule has 4 nitrogen and oxygen atoms in total. The van der Waals surface area contributed by atoms with E-state index in [-0.39, 0.29) is 5.91 Å². The Labute approximate surface area is 102 Å². The average Bonchev–Trinajstić information content (AvgIpc) is 2.35. The topological polar surface area (TPSA) is 45.2 Å². The Morgan fingerprint density at radius 3 is 3.18 bits per heavy atom. The third kappa shape index (κ3) is 3.53. The predicted octanol–water partition coefficient (Wildman–Crippen LogP) is 0.834. The summed E-state index contributed by atoms with van der Waals surface area (Å²) in [5.41, 5.74) is 1.25. The van der Waals surface area contributed by atoms with Crippen LogP contribution in [-0.4, -0.2) is 42.0 Å². The SMILES string of the molecule is CN1CC(NCCc2cccnc2)CCC1=O. The summed E-state index contributed by atoms with van der Waals surface area (Å²) in [6, 6.07) is 4.49. The minimum absolute atomic E-state index is 0.260. The maximum Gasteiger partial charge on any atom is 0.222 e. The molecule has 0 saturated carbocycles. The lowest BCUT2D eigenvalue weighted by Crippen LogP contribution is -2.47. The molecule has 1 aliphatic rings. The molecule has 4 heteroatoms. The second-order valence-electron chi connectivity index (χ2n) is 4.58. The first-order valence-corrected chi connectivity index (χ1v) is 6.12. The molecule has 1 unspecified atom stereocenters. The van der Waals surface area contributed by atoms with Gasteiger partial charge in [-0.25, -0.2) is 0 Å². The average molecular weight is 233 g/mol. The summed E-state index contributed by atoms with van der Waals surface area (Å²) in [7, 11) is 1.87. The van der Waals surface area contributed by atoms with Gasteiger partial charge in [-0.3, -0.25) is 9.78 Å². The zero-order chi connectivity index (χ0) is 12.1. The van der Waals surface area contributed by atoms with E-state index in [1.54, 1.807) is 6.20 Å². The zero-order valence-electron chi connectivity index (χ0n) is 10.2. The highest BCUT2D eigenvalue weighted by Gasteiger charge is 2.21. The maximum absolute atomic E-state index is 11.3. The van der Waals surface area contributed by atoms with Crippen molar-refractivity contribution in [2.75, 3.05) is 20.1 Å². The number of nitrogens with zero attached hydrogens (tertiary/aromatic N) is 2. The highest BCUT2D eigenvalue weighted by Crippen LogP contribution is 2.09. The lowest BCUT2D eigenvalue weighted by Gasteiger charge is -2.30. The van der Waals surface area contributed by atoms with Crippen LogP contribution >= 0.6 is 0 Å². The highest BCUT2D eigenvalue weighted by atomic mass is 16.2. The van der Waals surface area contributed by atoms with Crippen molar-refractivity contribution in [2.45, 2.75) is 25.3 Å². The van der Waals surface area contributed by atoms with E-state index in [2.05, 4.69) is 16.4 Å². The molecule has 1 amide bonds. The molecule has 1 saturated heterocycles. The Bertz CT molecular complexity index is 366. The number of hydrogen-bond donors (Lipinski definition) is 1. The van der Waals surface area contributed by atoms with Crippen LogP contribution in [0.3, 0.4) is 0 Å². The van der Waals surface area contributed by atoms with Gasteiger partial charge in [-0.1, -0.05) is 6.07 Å². The molecule has 0 aliphatic carbocycles. The summed E-state index contributed by atoms with van der Waals surface area (Å²) in [5.74, 6) is 0.260. The number of carbonyl (C=O) groups is 1. The molecule has 1 atom stereocenters. The number of rotatable bonds is 4. The van der Waals surface area contributed by atoms with Crippen molar-refractivity contribution in [1.82, 2.24) is 15.2 Å². The summed E-state index contributed by atoms with van der Waals surface area (Å²) in [5, 5.41) is 3.50. The molecule has 1 N–H and O–H groups in total. The van der Waals surface area contributed by atoms with Crippen LogP contribution in [-0.2, 0) is 11.2 Å². The zero-order valence-corrected chi connectivity index (χ0v) is 10.2. The van der Waals surface area contributed by atoms with Gasteiger partial charge in [-0.05, 0) is 31.0 Å². The second kappa shape index (κ2) is 5.77. The molecule has 92 valence electrons. The fourth-order valence-corrected chi connectivity index (χ4v) is 2.15. The number of pyridine rings is 1. The van der Waals surface area contributed by atoms with Gasteiger partial charge in [-0.2, -0.15) is 0 Å². The van der Waals surface area contributed by atoms with Crippen LogP contribution in [0.5, 0.6) is 0 Å². The van der Waals surface area contributed by atoms with E-state index in [9.17, 15) is 4.79 Å². The number of hydrogen-bond acceptors (Lipinski definition) is 3. The van der Waals surface area contributed by atoms with Gasteiger partial charge in [-0.15, -0.1) is 0 Å². The summed E-state index contributed by atoms with van der Waals surface area (Å²) >= 11 is 0. The number of piperidine rings is 1. The van der Waals surface area contributed by atoms with Crippen LogP contribution in [0.1, 0.15) is 18.4 Å². The Kier molecular flexibility index (Phi) is 4.09. The number of amides is 1. The van der Waals surface area contributed by atoms with E-state index in [4.69, 9.17) is 0 Å². The Hall–Kier alpha value is -1.42. The van der Waals surface area contributed by atoms with E-state index >= 15 is 0 Å². The number of carbonyl (C=O) groups excluding carboxylic acids is 1. The number of nitrogens with one attached hydrogen (secondary N) is 1. The standard InChI is InChI=1S/C13H19N3O/c1-16-10-12(4-5-13(16)17)15-8-6-11-3-2-7-14-9-11/h2-3,7,9,12,15H,4-6,8,10H2,1H3. The quantitative estimate of drug-likeness (QED) is 0.838. The normalized spacial score (nSPS) is 20.6. The van der Waals surface area contributed by atoms with Crippen LogP contribution < -0.4 is 5.32 Å². The largest absolute Gasteiger partial charge is 0.344 e. The van der Waals surface area contributed by atoms with Crippen LogP contribution in [0, 0.1) is 0 Å². The molecular weight excluding hydrogens is 214 g/mol. The van der Waals surface area contributed by atoms with E-state index in [0.717, 1.165) is 25.9 Å². The maximum atomic E-state index is 11.3. The van der Waals surface area contributed by atoms with E-state index in [1.165, 1.54) is 5.56 Å². The number of aromatic nitrogens is 1. The first-order chi connectivity index (χ1) is 8.25. The molecule has 0 aromatic carbocycles. The molecule has 0 spiro atoms. The van der Waals surface area contributed by atoms with E-state index in [0.29, 0.717) is 12.5 Å². The fourth-order valence-electron chi connectivity index (χ4n) is 2.15. The van der Waals surface area contributed by atoms with Gasteiger partial charge in [0.1, 0.15) is 0 Å². The van der Waals surface area contributed by atoms with Crippen molar-refractivity contribution in [2.24, 2.45) is 0 Å². The number of likely N-dealkylation sites (tertiary alicyclic amines) is 1. The predicted molar refractivity (Wildman–Crippen MR) is 66.6 cm³/mol. The molecule has 17 heavy (non-hydrogen) atoms. The van der Waals surface area contributed by atoms with Gasteiger partial charge in [0.15, 0.2) is 0 Å². The molecule has 1 aromatic heterocycles. The van der Waals surface area contributed by atoms with E-state index in [1.807, 2.05) is 24.2 Å². The third-order valence-corrected chi connectivity index (χ3v) is 3.20. The molecule has 1 aromatic rings. The van der Waals surface area contributed by atoms with Gasteiger partial charge in [0, 0.05) is 38.4 Å². The fraction of sp³-hybridized carbons (Fsp3) is 0.538. The Morgan fingerprint density at radius 2 is 2.47 bits per heavy atom. The summed E-state index contributed by atoms with van der Waals surface area (Å²) < 4.78 is 0. The highest BCUT2D eigenvalue weighted by molar-refractivity contribution is 5.76. The van der Waals surface area contributed by atoms with Crippen molar-refractivity contribution in [3.05, 3.63) is 30.1 Å². The lowest BCUT2D eigenvalue weighted by atomic mass is 10.1. The van der Waals surface area contributed by atoms with Crippen LogP contribution in [0.25, 0.3) is 0 Å². The van der Waals surface area contributed by atoms with Gasteiger partial charge < -0.3 is 10.2 Å². The van der Waals surface area contributed by atoms with Crippen molar-refractivity contribution < 1.29 is 4.79 Å². The van der Waals surface area contributed by atoms with Crippen molar-refractivity contribution in [3.63, 3.8) is 0 Å². The molecule has 0 radical (unpaired) electrons. The smallest absolute Gasteiger partial charge is 0.222 e. The van der Waals surface area contributed by atoms with Crippen molar-refractivity contribution in [3.8, 4) is 0 Å². The monoisotopic (exact) mass is 233 g/mol. The van der Waals surface area contributed by atoms with Gasteiger partial charge in [0.25, 0.3) is 0 Å². The minimum atomic E-state index is 0.260. The van der Waals surface area contributed by atoms with E-state index < -0.39 is 0 Å². The number of likely N-dealkylation sites (N-methyl/N-ethyl adjacent to an activating group) is 1. The first kappa shape index (κ1) is 12.0. The molecule has 2 rings (SSSR count). The Morgan fingerprint density at radius 1 is 1.59 bits per heavy atom. The lowest BCUT2D eigenvalue weighted by molar-refractivity contribution is -0.132. The summed E-state index contributed by atoms with van der Waals surface area (Å²) in [6.45, 7) is 1.77. The second-order valence-corrected chi connectivity index (χ2v) is 4.58. The van der Waals surface area contributed by atoms with Crippen LogP contribution in [0.15, 0.2) is 24.5 Å². The minimum Gasteiger partial charge on any atom is -0.344 e. The molecule has 1 aliphatic heterocycles. The first-order valence-electron chi connectivity index (χ1n) is 6.12. The van der Waals surface area contributed by atoms with Gasteiger partial charge >= 0.3 is 0 Å². The van der Waals surface area contributed by atoms with Crippen LogP contribution in [0.4, 0.5) is 0 Å².